The molecule has 1 N–H and O–H groups in total. The van der Waals surface area contributed by atoms with Crippen LogP contribution in [0.2, 0.25) is 0 Å². The first-order chi connectivity index (χ1) is 11.6. The second-order valence-electron chi connectivity index (χ2n) is 5.54. The average molecular weight is 322 g/mol. The minimum Gasteiger partial charge on any atom is -0.481 e. The molecule has 0 aromatic heterocycles. The van der Waals surface area contributed by atoms with Crippen molar-refractivity contribution in [2.75, 3.05) is 5.32 Å². The van der Waals surface area contributed by atoms with Gasteiger partial charge in [0.15, 0.2) is 6.10 Å². The van der Waals surface area contributed by atoms with Crippen molar-refractivity contribution in [3.63, 3.8) is 0 Å². The summed E-state index contributed by atoms with van der Waals surface area (Å²) in [5.41, 5.74) is 3.69. The fraction of sp³-hybridized carbons (Fsp3) is 0.300. The number of para-hydroxylation sites is 1. The molecule has 0 saturated carbocycles. The predicted octanol–water partition coefficient (Wildman–Crippen LogP) is 4.09. The van der Waals surface area contributed by atoms with Gasteiger partial charge in [-0.25, -0.2) is 0 Å². The summed E-state index contributed by atoms with van der Waals surface area (Å²) < 4.78 is 5.67. The molecule has 4 heteroatoms. The maximum Gasteiger partial charge on any atom is 0.265 e. The Kier molecular flexibility index (Phi) is 5.97. The molecule has 24 heavy (non-hydrogen) atoms. The first kappa shape index (κ1) is 17.6. The van der Waals surface area contributed by atoms with E-state index in [2.05, 4.69) is 25.2 Å². The molecule has 124 valence electrons. The smallest absolute Gasteiger partial charge is 0.265 e. The van der Waals surface area contributed by atoms with Crippen molar-refractivity contribution in [1.29, 1.82) is 5.26 Å². The highest BCUT2D eigenvalue weighted by Gasteiger charge is 2.17. The molecular formula is C20H22N2O2. The molecule has 0 spiro atoms. The predicted molar refractivity (Wildman–Crippen MR) is 95.1 cm³/mol. The Morgan fingerprint density at radius 3 is 2.21 bits per heavy atom. The highest BCUT2D eigenvalue weighted by atomic mass is 16.5. The molecule has 0 aliphatic heterocycles. The number of aryl methyl sites for hydroxylation is 2. The van der Waals surface area contributed by atoms with Gasteiger partial charge in [-0.15, -0.1) is 0 Å². The van der Waals surface area contributed by atoms with Gasteiger partial charge in [-0.2, -0.15) is 5.26 Å². The van der Waals surface area contributed by atoms with Crippen molar-refractivity contribution in [3.05, 3.63) is 59.2 Å². The number of ether oxygens (including phenoxy) is 1. The van der Waals surface area contributed by atoms with Crippen LogP contribution in [-0.2, 0) is 17.6 Å². The maximum atomic E-state index is 12.5. The van der Waals surface area contributed by atoms with Crippen molar-refractivity contribution < 1.29 is 9.53 Å². The van der Waals surface area contributed by atoms with E-state index in [9.17, 15) is 4.79 Å². The van der Waals surface area contributed by atoms with E-state index in [1.165, 1.54) is 0 Å². The molecule has 4 nitrogen and oxygen atoms in total. The van der Waals surface area contributed by atoms with Crippen LogP contribution in [0.25, 0.3) is 0 Å². The number of carbonyl (C=O) groups excluding carboxylic acids is 1. The van der Waals surface area contributed by atoms with Gasteiger partial charge < -0.3 is 10.1 Å². The average Bonchev–Trinajstić information content (AvgIpc) is 2.62. The van der Waals surface area contributed by atoms with Crippen LogP contribution < -0.4 is 10.1 Å². The fourth-order valence-corrected chi connectivity index (χ4v) is 2.49. The summed E-state index contributed by atoms with van der Waals surface area (Å²) >= 11 is 0. The topological polar surface area (TPSA) is 62.1 Å². The summed E-state index contributed by atoms with van der Waals surface area (Å²) in [4.78, 5) is 12.5. The van der Waals surface area contributed by atoms with E-state index in [4.69, 9.17) is 10.00 Å². The molecule has 1 unspecified atom stereocenters. The molecule has 0 radical (unpaired) electrons. The van der Waals surface area contributed by atoms with Crippen LogP contribution >= 0.6 is 0 Å². The van der Waals surface area contributed by atoms with Gasteiger partial charge in [0.05, 0.1) is 11.6 Å². The fourth-order valence-electron chi connectivity index (χ4n) is 2.49. The van der Waals surface area contributed by atoms with Crippen LogP contribution in [0, 0.1) is 11.3 Å². The molecule has 1 amide bonds. The number of rotatable bonds is 6. The number of amides is 1. The van der Waals surface area contributed by atoms with Crippen LogP contribution in [0.5, 0.6) is 5.75 Å². The van der Waals surface area contributed by atoms with Gasteiger partial charge in [-0.05, 0) is 55.2 Å². The SMILES string of the molecule is CCc1cccc(CC)c1NC(=O)C(C)Oc1ccc(C#N)cc1. The monoisotopic (exact) mass is 322 g/mol. The van der Waals surface area contributed by atoms with Gasteiger partial charge in [0.25, 0.3) is 5.91 Å². The number of nitrogens with one attached hydrogen (secondary N) is 1. The third-order valence-corrected chi connectivity index (χ3v) is 3.91. The van der Waals surface area contributed by atoms with E-state index in [0.29, 0.717) is 11.3 Å². The van der Waals surface area contributed by atoms with E-state index in [1.54, 1.807) is 31.2 Å². The summed E-state index contributed by atoms with van der Waals surface area (Å²) in [5, 5.41) is 11.8. The van der Waals surface area contributed by atoms with Gasteiger partial charge >= 0.3 is 0 Å². The van der Waals surface area contributed by atoms with Crippen molar-refractivity contribution in [3.8, 4) is 11.8 Å². The third-order valence-electron chi connectivity index (χ3n) is 3.91. The zero-order chi connectivity index (χ0) is 17.5. The summed E-state index contributed by atoms with van der Waals surface area (Å²) in [6.45, 7) is 5.86. The lowest BCUT2D eigenvalue weighted by atomic mass is 10.0. The Labute approximate surface area is 143 Å². The standard InChI is InChI=1S/C20H22N2O2/c1-4-16-7-6-8-17(5-2)19(16)22-20(23)14(3)24-18-11-9-15(13-21)10-12-18/h6-12,14H,4-5H2,1-3H3,(H,22,23). The van der Waals surface area contributed by atoms with Gasteiger partial charge in [0, 0.05) is 5.69 Å². The quantitative estimate of drug-likeness (QED) is 0.871. The summed E-state index contributed by atoms with van der Waals surface area (Å²) in [6, 6.07) is 14.9. The van der Waals surface area contributed by atoms with Gasteiger partial charge in [0.1, 0.15) is 5.75 Å². The second kappa shape index (κ2) is 8.16. The van der Waals surface area contributed by atoms with E-state index in [1.807, 2.05) is 18.2 Å². The number of carbonyl (C=O) groups is 1. The number of nitrogens with zero attached hydrogens (tertiary/aromatic N) is 1. The maximum absolute atomic E-state index is 12.5. The highest BCUT2D eigenvalue weighted by molar-refractivity contribution is 5.95. The van der Waals surface area contributed by atoms with E-state index < -0.39 is 6.10 Å². The molecule has 1 atom stereocenters. The molecule has 0 aliphatic carbocycles. The third kappa shape index (κ3) is 4.14. The minimum absolute atomic E-state index is 0.185. The van der Waals surface area contributed by atoms with Gasteiger partial charge in [-0.1, -0.05) is 32.0 Å². The minimum atomic E-state index is -0.632. The molecule has 0 bridgehead atoms. The lowest BCUT2D eigenvalue weighted by Gasteiger charge is -2.18. The van der Waals surface area contributed by atoms with Crippen LogP contribution in [0.1, 0.15) is 37.5 Å². The lowest BCUT2D eigenvalue weighted by Crippen LogP contribution is -2.30. The van der Waals surface area contributed by atoms with Gasteiger partial charge in [-0.3, -0.25) is 4.79 Å². The Bertz CT molecular complexity index is 723. The molecule has 0 heterocycles. The summed E-state index contributed by atoms with van der Waals surface area (Å²) in [5.74, 6) is 0.381. The molecule has 2 aromatic carbocycles. The van der Waals surface area contributed by atoms with Crippen molar-refractivity contribution in [2.24, 2.45) is 0 Å². The Morgan fingerprint density at radius 1 is 1.12 bits per heavy atom. The number of hydrogen-bond donors (Lipinski definition) is 1. The highest BCUT2D eigenvalue weighted by Crippen LogP contribution is 2.23. The molecule has 0 aliphatic rings. The molecule has 2 aromatic rings. The van der Waals surface area contributed by atoms with Crippen molar-refractivity contribution >= 4 is 11.6 Å². The second-order valence-corrected chi connectivity index (χ2v) is 5.54. The zero-order valence-electron chi connectivity index (χ0n) is 14.3. The summed E-state index contributed by atoms with van der Waals surface area (Å²) in [7, 11) is 0. The van der Waals surface area contributed by atoms with Crippen LogP contribution in [0.4, 0.5) is 5.69 Å². The van der Waals surface area contributed by atoms with E-state index in [0.717, 1.165) is 29.7 Å². The Hall–Kier alpha value is -2.80. The Morgan fingerprint density at radius 2 is 1.71 bits per heavy atom. The first-order valence-electron chi connectivity index (χ1n) is 8.17. The summed E-state index contributed by atoms with van der Waals surface area (Å²) in [6.07, 6.45) is 1.08. The number of anilines is 1. The number of hydrogen-bond acceptors (Lipinski definition) is 3. The number of nitriles is 1. The molecular weight excluding hydrogens is 300 g/mol. The van der Waals surface area contributed by atoms with E-state index in [-0.39, 0.29) is 5.91 Å². The molecule has 0 fully saturated rings. The van der Waals surface area contributed by atoms with Crippen LogP contribution in [0.15, 0.2) is 42.5 Å². The van der Waals surface area contributed by atoms with Gasteiger partial charge in [0.2, 0.25) is 0 Å². The van der Waals surface area contributed by atoms with Crippen molar-refractivity contribution in [2.45, 2.75) is 39.7 Å². The van der Waals surface area contributed by atoms with Crippen molar-refractivity contribution in [1.82, 2.24) is 0 Å². The largest absolute Gasteiger partial charge is 0.481 e. The van der Waals surface area contributed by atoms with Crippen LogP contribution in [0.3, 0.4) is 0 Å². The zero-order valence-corrected chi connectivity index (χ0v) is 14.3. The lowest BCUT2D eigenvalue weighted by molar-refractivity contribution is -0.122. The Balaban J connectivity index is 2.10. The first-order valence-corrected chi connectivity index (χ1v) is 8.17. The molecule has 2 rings (SSSR count). The normalized spacial score (nSPS) is 11.4. The van der Waals surface area contributed by atoms with Crippen LogP contribution in [-0.4, -0.2) is 12.0 Å². The molecule has 0 saturated heterocycles. The number of benzene rings is 2. The van der Waals surface area contributed by atoms with E-state index >= 15 is 0 Å².